The van der Waals surface area contributed by atoms with Gasteiger partial charge in [0.2, 0.25) is 5.95 Å². The summed E-state index contributed by atoms with van der Waals surface area (Å²) in [6.07, 6.45) is -8.46. The quantitative estimate of drug-likeness (QED) is 0.106. The lowest BCUT2D eigenvalue weighted by molar-refractivity contribution is -0.0692. The second kappa shape index (κ2) is 12.4. The summed E-state index contributed by atoms with van der Waals surface area (Å²) in [4.78, 5) is 56.5. The van der Waals surface area contributed by atoms with Crippen molar-refractivity contribution in [1.29, 1.82) is 0 Å². The molecule has 0 radical (unpaired) electrons. The molecule has 0 aliphatic carbocycles. The number of nitrogens with zero attached hydrogens (tertiary/aromatic N) is 7. The SMILES string of the molecule is Nc1nc2c(ncn2[C@@H]2O[C@@H]3COP(=O)(O)OC4C(O)[C@H](n5cnc6c(N)ncnc65)O[C@@H]4COP(=O)(O)OC2C3OCCO)c(=O)[nH]1. The van der Waals surface area contributed by atoms with E-state index in [1.165, 1.54) is 15.5 Å². The van der Waals surface area contributed by atoms with Crippen LogP contribution < -0.4 is 17.0 Å². The van der Waals surface area contributed by atoms with Crippen molar-refractivity contribution in [2.45, 2.75) is 49.1 Å². The van der Waals surface area contributed by atoms with Crippen LogP contribution in [0.4, 0.5) is 11.8 Å². The van der Waals surface area contributed by atoms with Crippen LogP contribution in [0.1, 0.15) is 12.5 Å². The Morgan fingerprint density at radius 3 is 2.29 bits per heavy atom. The van der Waals surface area contributed by atoms with Crippen LogP contribution in [-0.2, 0) is 41.4 Å². The fraction of sp³-hybridized carbons (Fsp3) is 0.545. The first kappa shape index (κ1) is 33.0. The fourth-order valence-corrected chi connectivity index (χ4v) is 7.56. The van der Waals surface area contributed by atoms with Crippen molar-refractivity contribution in [2.24, 2.45) is 0 Å². The number of nitrogen functional groups attached to an aromatic ring is 2. The third kappa shape index (κ3) is 6.00. The van der Waals surface area contributed by atoms with E-state index in [4.69, 9.17) is 43.8 Å². The smallest absolute Gasteiger partial charge is 0.394 e. The molecule has 4 aromatic rings. The highest BCUT2D eigenvalue weighted by atomic mass is 31.2. The van der Waals surface area contributed by atoms with Crippen LogP contribution in [0.25, 0.3) is 22.3 Å². The molecular weight excluding hydrogens is 690 g/mol. The molecule has 7 rings (SSSR count). The number of aromatic nitrogens is 8. The number of anilines is 2. The molecule has 9 N–H and O–H groups in total. The Hall–Kier alpha value is -3.48. The van der Waals surface area contributed by atoms with Crippen LogP contribution in [0, 0.1) is 0 Å². The van der Waals surface area contributed by atoms with Gasteiger partial charge in [-0.1, -0.05) is 0 Å². The molecular formula is C22H28N10O14P2. The van der Waals surface area contributed by atoms with Gasteiger partial charge < -0.3 is 45.7 Å². The van der Waals surface area contributed by atoms with E-state index < -0.39 is 90.1 Å². The summed E-state index contributed by atoms with van der Waals surface area (Å²) in [5.74, 6) is -0.244. The highest BCUT2D eigenvalue weighted by Crippen LogP contribution is 2.54. The normalized spacial score (nSPS) is 36.1. The zero-order chi connectivity index (χ0) is 34.0. The van der Waals surface area contributed by atoms with Gasteiger partial charge in [-0.3, -0.25) is 37.0 Å². The van der Waals surface area contributed by atoms with Crippen molar-refractivity contribution in [3.63, 3.8) is 0 Å². The molecule has 3 saturated heterocycles. The standard InChI is InChI=1S/C22H28N10O14P2/c23-16-10-17(26-5-25-16)31(6-27-10)20-12(34)13-8(43-20)3-41-48(38,39)46-15-14(40-2-1-33)9(4-42-47(36,37)45-13)44-21(15)32-7-28-11-18(32)29-22(24)30-19(11)35/h5-9,12-15,20-21,33-34H,1-4H2,(H,36,37)(H,38,39)(H2,23,25,26)(H3,24,29,30,35)/t8-,9-,12?,13?,14?,15?,20-,21-/m1/s1. The number of imidazole rings is 2. The number of nitrogens with one attached hydrogen (secondary N) is 1. The lowest BCUT2D eigenvalue weighted by Gasteiger charge is -2.26. The Morgan fingerprint density at radius 2 is 1.56 bits per heavy atom. The minimum atomic E-state index is -5.13. The predicted octanol–water partition coefficient (Wildman–Crippen LogP) is -2.32. The Balaban J connectivity index is 1.23. The van der Waals surface area contributed by atoms with Crippen LogP contribution in [0.2, 0.25) is 0 Å². The molecule has 3 fully saturated rings. The number of phosphoric acid groups is 2. The third-order valence-corrected chi connectivity index (χ3v) is 9.67. The third-order valence-electron chi connectivity index (χ3n) is 7.70. The average molecular weight is 718 g/mol. The van der Waals surface area contributed by atoms with Gasteiger partial charge >= 0.3 is 15.6 Å². The molecule has 2 bridgehead atoms. The van der Waals surface area contributed by atoms with E-state index in [9.17, 15) is 33.9 Å². The highest BCUT2D eigenvalue weighted by Gasteiger charge is 2.54. The Morgan fingerprint density at radius 1 is 0.917 bits per heavy atom. The molecule has 0 aromatic carbocycles. The molecule has 3 aliphatic heterocycles. The van der Waals surface area contributed by atoms with Gasteiger partial charge in [0.05, 0.1) is 39.1 Å². The number of hydrogen-bond acceptors (Lipinski definition) is 19. The number of nitrogens with two attached hydrogens (primary N) is 2. The predicted molar refractivity (Wildman–Crippen MR) is 154 cm³/mol. The Bertz CT molecular complexity index is 1990. The molecule has 0 spiro atoms. The molecule has 24 nitrogen and oxygen atoms in total. The largest absolute Gasteiger partial charge is 0.472 e. The monoisotopic (exact) mass is 718 g/mol. The molecule has 26 heteroatoms. The van der Waals surface area contributed by atoms with Crippen molar-refractivity contribution >= 4 is 49.7 Å². The lowest BCUT2D eigenvalue weighted by atomic mass is 10.1. The summed E-state index contributed by atoms with van der Waals surface area (Å²) in [6.45, 7) is -2.41. The van der Waals surface area contributed by atoms with Crippen LogP contribution in [0.15, 0.2) is 23.8 Å². The molecule has 6 unspecified atom stereocenters. The number of hydrogen-bond donors (Lipinski definition) is 7. The van der Waals surface area contributed by atoms with Crippen molar-refractivity contribution < 1.29 is 61.4 Å². The number of H-pyrrole nitrogens is 1. The molecule has 48 heavy (non-hydrogen) atoms. The molecule has 7 heterocycles. The second-order valence-electron chi connectivity index (χ2n) is 10.7. The number of phosphoric ester groups is 2. The fourth-order valence-electron chi connectivity index (χ4n) is 5.67. The number of ether oxygens (including phenoxy) is 3. The average Bonchev–Trinajstić information content (AvgIpc) is 3.79. The van der Waals surface area contributed by atoms with Crippen molar-refractivity contribution in [2.75, 3.05) is 37.9 Å². The highest BCUT2D eigenvalue weighted by molar-refractivity contribution is 7.47. The van der Waals surface area contributed by atoms with E-state index in [1.807, 2.05) is 0 Å². The number of aliphatic hydroxyl groups is 2. The summed E-state index contributed by atoms with van der Waals surface area (Å²) in [5, 5.41) is 20.7. The van der Waals surface area contributed by atoms with E-state index in [-0.39, 0.29) is 40.7 Å². The van der Waals surface area contributed by atoms with Crippen molar-refractivity contribution in [1.82, 2.24) is 39.0 Å². The van der Waals surface area contributed by atoms with Crippen molar-refractivity contribution in [3.8, 4) is 0 Å². The number of fused-ring (bicyclic) bond motifs is 5. The molecule has 0 saturated carbocycles. The first-order valence-corrected chi connectivity index (χ1v) is 17.0. The zero-order valence-electron chi connectivity index (χ0n) is 24.2. The minimum absolute atomic E-state index is 0.0335. The first-order chi connectivity index (χ1) is 22.9. The number of aromatic amines is 1. The molecule has 10 atom stereocenters. The van der Waals surface area contributed by atoms with E-state index in [0.717, 1.165) is 12.7 Å². The van der Waals surface area contributed by atoms with E-state index in [1.54, 1.807) is 0 Å². The van der Waals surface area contributed by atoms with Gasteiger partial charge in [-0.25, -0.2) is 29.1 Å². The Labute approximate surface area is 266 Å². The summed E-state index contributed by atoms with van der Waals surface area (Å²) >= 11 is 0. The summed E-state index contributed by atoms with van der Waals surface area (Å²) in [6, 6.07) is 0. The van der Waals surface area contributed by atoms with Crippen LogP contribution >= 0.6 is 15.6 Å². The van der Waals surface area contributed by atoms with Crippen LogP contribution in [-0.4, -0.2) is 122 Å². The lowest BCUT2D eigenvalue weighted by Crippen LogP contribution is -2.38. The van der Waals surface area contributed by atoms with Gasteiger partial charge in [-0.15, -0.1) is 0 Å². The minimum Gasteiger partial charge on any atom is -0.394 e. The zero-order valence-corrected chi connectivity index (χ0v) is 26.0. The van der Waals surface area contributed by atoms with Gasteiger partial charge in [-0.2, -0.15) is 4.98 Å². The first-order valence-electron chi connectivity index (χ1n) is 14.0. The second-order valence-corrected chi connectivity index (χ2v) is 13.5. The van der Waals surface area contributed by atoms with Gasteiger partial charge in [0, 0.05) is 0 Å². The van der Waals surface area contributed by atoms with Crippen LogP contribution in [0.5, 0.6) is 0 Å². The maximum atomic E-state index is 13.5. The molecule has 4 aromatic heterocycles. The molecule has 0 amide bonds. The maximum Gasteiger partial charge on any atom is 0.472 e. The number of aliphatic hydroxyl groups excluding tert-OH is 2. The Kier molecular flexibility index (Phi) is 8.56. The van der Waals surface area contributed by atoms with Gasteiger partial charge in [0.25, 0.3) is 5.56 Å². The summed E-state index contributed by atoms with van der Waals surface area (Å²) in [7, 11) is -10.2. The van der Waals surface area contributed by atoms with E-state index in [0.29, 0.717) is 0 Å². The van der Waals surface area contributed by atoms with Gasteiger partial charge in [0.15, 0.2) is 35.1 Å². The summed E-state index contributed by atoms with van der Waals surface area (Å²) < 4.78 is 68.2. The van der Waals surface area contributed by atoms with Crippen molar-refractivity contribution in [3.05, 3.63) is 29.3 Å². The van der Waals surface area contributed by atoms with Gasteiger partial charge in [0.1, 0.15) is 48.5 Å². The molecule has 3 aliphatic rings. The van der Waals surface area contributed by atoms with Crippen LogP contribution in [0.3, 0.4) is 0 Å². The summed E-state index contributed by atoms with van der Waals surface area (Å²) in [5.41, 5.74) is 10.9. The van der Waals surface area contributed by atoms with E-state index >= 15 is 0 Å². The van der Waals surface area contributed by atoms with E-state index in [2.05, 4.69) is 29.9 Å². The topological polar surface area (TPSA) is 339 Å². The number of rotatable bonds is 5. The van der Waals surface area contributed by atoms with Gasteiger partial charge in [-0.05, 0) is 0 Å². The molecule has 260 valence electrons. The maximum absolute atomic E-state index is 13.5.